The molecule has 0 aliphatic heterocycles. The molecule has 154 valence electrons. The van der Waals surface area contributed by atoms with Crippen molar-refractivity contribution in [1.82, 2.24) is 5.43 Å². The fraction of sp³-hybridized carbons (Fsp3) is 0.0909. The molecule has 5 nitrogen and oxygen atoms in total. The molecule has 3 rings (SSSR count). The van der Waals surface area contributed by atoms with Gasteiger partial charge in [-0.2, -0.15) is 5.10 Å². The van der Waals surface area contributed by atoms with E-state index in [1.165, 1.54) is 18.3 Å². The Labute approximate surface area is 189 Å². The van der Waals surface area contributed by atoms with Crippen molar-refractivity contribution in [1.29, 1.82) is 0 Å². The summed E-state index contributed by atoms with van der Waals surface area (Å²) in [6.45, 7) is 0.191. The summed E-state index contributed by atoms with van der Waals surface area (Å²) in [6.07, 6.45) is 1.52. The maximum atomic E-state index is 11.9. The predicted molar refractivity (Wildman–Crippen MR) is 120 cm³/mol. The fourth-order valence-corrected chi connectivity index (χ4v) is 3.33. The highest BCUT2D eigenvalue weighted by atomic mass is 35.5. The van der Waals surface area contributed by atoms with Crippen molar-refractivity contribution in [3.8, 4) is 11.5 Å². The molecule has 0 radical (unpaired) electrons. The van der Waals surface area contributed by atoms with Crippen molar-refractivity contribution in [2.45, 2.75) is 6.61 Å². The minimum absolute atomic E-state index is 0.188. The van der Waals surface area contributed by atoms with Gasteiger partial charge >= 0.3 is 0 Å². The first kappa shape index (κ1) is 22.0. The van der Waals surface area contributed by atoms with E-state index in [9.17, 15) is 4.79 Å². The summed E-state index contributed by atoms with van der Waals surface area (Å²) in [6, 6.07) is 20.2. The number of hydrogen-bond donors (Lipinski definition) is 1. The average molecular weight is 464 g/mol. The third-order valence-electron chi connectivity index (χ3n) is 3.84. The quantitative estimate of drug-likeness (QED) is 0.341. The zero-order chi connectivity index (χ0) is 21.3. The van der Waals surface area contributed by atoms with Crippen molar-refractivity contribution >= 4 is 46.9 Å². The summed E-state index contributed by atoms with van der Waals surface area (Å²) in [7, 11) is 0. The van der Waals surface area contributed by atoms with Gasteiger partial charge in [-0.3, -0.25) is 4.79 Å². The summed E-state index contributed by atoms with van der Waals surface area (Å²) in [4.78, 5) is 11.9. The van der Waals surface area contributed by atoms with Gasteiger partial charge in [-0.15, -0.1) is 0 Å². The molecule has 0 aromatic heterocycles. The summed E-state index contributed by atoms with van der Waals surface area (Å²) in [5.41, 5.74) is 4.27. The van der Waals surface area contributed by atoms with Gasteiger partial charge in [0.15, 0.2) is 12.4 Å². The second-order valence-corrected chi connectivity index (χ2v) is 7.37. The fourth-order valence-electron chi connectivity index (χ4n) is 2.41. The van der Waals surface area contributed by atoms with Crippen LogP contribution in [0, 0.1) is 0 Å². The van der Waals surface area contributed by atoms with Crippen LogP contribution in [0.25, 0.3) is 0 Å². The molecule has 0 heterocycles. The minimum Gasteiger partial charge on any atom is -0.489 e. The van der Waals surface area contributed by atoms with Gasteiger partial charge in [0.2, 0.25) is 0 Å². The Hall–Kier alpha value is -2.73. The number of hydrazone groups is 1. The standard InChI is InChI=1S/C22H17Cl3N2O3/c23-17-10-19(24)22(20(25)11-17)30-14-21(28)27-26-12-15-6-8-18(9-7-15)29-13-16-4-2-1-3-5-16/h1-12H,13-14H2,(H,27,28)/b26-12-. The molecule has 0 aliphatic rings. The van der Waals surface area contributed by atoms with Crippen LogP contribution >= 0.6 is 34.8 Å². The second kappa shape index (κ2) is 10.9. The van der Waals surface area contributed by atoms with Crippen molar-refractivity contribution in [3.63, 3.8) is 0 Å². The van der Waals surface area contributed by atoms with Crippen LogP contribution in [-0.2, 0) is 11.4 Å². The Bertz CT molecular complexity index is 1000. The normalized spacial score (nSPS) is 10.8. The van der Waals surface area contributed by atoms with Gasteiger partial charge in [0.25, 0.3) is 5.91 Å². The van der Waals surface area contributed by atoms with Crippen LogP contribution in [0.2, 0.25) is 15.1 Å². The number of hydrogen-bond acceptors (Lipinski definition) is 4. The van der Waals surface area contributed by atoms with Gasteiger partial charge in [0.05, 0.1) is 16.3 Å². The van der Waals surface area contributed by atoms with Crippen molar-refractivity contribution in [3.05, 3.63) is 92.9 Å². The van der Waals surface area contributed by atoms with E-state index in [0.717, 1.165) is 16.9 Å². The number of carbonyl (C=O) groups is 1. The molecule has 0 spiro atoms. The number of halogens is 3. The van der Waals surface area contributed by atoms with Crippen molar-refractivity contribution < 1.29 is 14.3 Å². The van der Waals surface area contributed by atoms with Crippen LogP contribution in [-0.4, -0.2) is 18.7 Å². The third-order valence-corrected chi connectivity index (χ3v) is 4.62. The van der Waals surface area contributed by atoms with E-state index in [1.54, 1.807) is 0 Å². The van der Waals surface area contributed by atoms with Crippen molar-refractivity contribution in [2.24, 2.45) is 5.10 Å². The van der Waals surface area contributed by atoms with E-state index >= 15 is 0 Å². The number of rotatable bonds is 8. The third kappa shape index (κ3) is 6.66. The molecule has 30 heavy (non-hydrogen) atoms. The van der Waals surface area contributed by atoms with E-state index in [1.807, 2.05) is 54.6 Å². The largest absolute Gasteiger partial charge is 0.489 e. The smallest absolute Gasteiger partial charge is 0.277 e. The van der Waals surface area contributed by atoms with Crippen LogP contribution in [0.5, 0.6) is 11.5 Å². The van der Waals surface area contributed by atoms with Gasteiger partial charge < -0.3 is 9.47 Å². The maximum Gasteiger partial charge on any atom is 0.277 e. The highest BCUT2D eigenvalue weighted by Gasteiger charge is 2.11. The molecule has 3 aromatic carbocycles. The monoisotopic (exact) mass is 462 g/mol. The lowest BCUT2D eigenvalue weighted by Crippen LogP contribution is -2.24. The van der Waals surface area contributed by atoms with Gasteiger partial charge in [-0.1, -0.05) is 65.1 Å². The summed E-state index contributed by atoms with van der Waals surface area (Å²) < 4.78 is 11.1. The highest BCUT2D eigenvalue weighted by Crippen LogP contribution is 2.35. The van der Waals surface area contributed by atoms with Crippen molar-refractivity contribution in [2.75, 3.05) is 6.61 Å². The molecule has 8 heteroatoms. The lowest BCUT2D eigenvalue weighted by molar-refractivity contribution is -0.123. The first-order valence-electron chi connectivity index (χ1n) is 8.87. The molecule has 1 N–H and O–H groups in total. The number of carbonyl (C=O) groups excluding carboxylic acids is 1. The zero-order valence-electron chi connectivity index (χ0n) is 15.6. The van der Waals surface area contributed by atoms with E-state index in [0.29, 0.717) is 11.6 Å². The SMILES string of the molecule is O=C(COc1c(Cl)cc(Cl)cc1Cl)N/N=C\c1ccc(OCc2ccccc2)cc1. The highest BCUT2D eigenvalue weighted by molar-refractivity contribution is 6.40. The van der Waals surface area contributed by atoms with Crippen LogP contribution < -0.4 is 14.9 Å². The van der Waals surface area contributed by atoms with E-state index < -0.39 is 5.91 Å². The number of nitrogens with one attached hydrogen (secondary N) is 1. The van der Waals surface area contributed by atoms with E-state index in [2.05, 4.69) is 10.5 Å². The maximum absolute atomic E-state index is 11.9. The first-order chi connectivity index (χ1) is 14.5. The van der Waals surface area contributed by atoms with Crippen LogP contribution in [0.4, 0.5) is 0 Å². The van der Waals surface area contributed by atoms with Crippen LogP contribution in [0.3, 0.4) is 0 Å². The topological polar surface area (TPSA) is 59.9 Å². The Morgan fingerprint density at radius 1 is 0.933 bits per heavy atom. The lowest BCUT2D eigenvalue weighted by Gasteiger charge is -2.09. The molecule has 0 saturated carbocycles. The van der Waals surface area contributed by atoms with Gasteiger partial charge in [0.1, 0.15) is 12.4 Å². The average Bonchev–Trinajstić information content (AvgIpc) is 2.73. The molecule has 0 atom stereocenters. The summed E-state index contributed by atoms with van der Waals surface area (Å²) in [5.74, 6) is 0.467. The lowest BCUT2D eigenvalue weighted by atomic mass is 10.2. The number of benzene rings is 3. The molecule has 3 aromatic rings. The van der Waals surface area contributed by atoms with Gasteiger partial charge in [0, 0.05) is 5.02 Å². The Kier molecular flexibility index (Phi) is 7.97. The first-order valence-corrected chi connectivity index (χ1v) is 10.0. The van der Waals surface area contributed by atoms with Gasteiger partial charge in [-0.25, -0.2) is 5.43 Å². The summed E-state index contributed by atoms with van der Waals surface area (Å²) >= 11 is 17.9. The van der Waals surface area contributed by atoms with Crippen LogP contribution in [0.15, 0.2) is 71.8 Å². The zero-order valence-corrected chi connectivity index (χ0v) is 17.9. The Morgan fingerprint density at radius 2 is 1.60 bits per heavy atom. The molecule has 0 fully saturated rings. The molecular formula is C22H17Cl3N2O3. The molecule has 1 amide bonds. The Balaban J connectivity index is 1.45. The number of nitrogens with zero attached hydrogens (tertiary/aromatic N) is 1. The van der Waals surface area contributed by atoms with Crippen LogP contribution in [0.1, 0.15) is 11.1 Å². The molecule has 0 bridgehead atoms. The minimum atomic E-state index is -0.462. The molecule has 0 unspecified atom stereocenters. The molecule has 0 saturated heterocycles. The van der Waals surface area contributed by atoms with Gasteiger partial charge in [-0.05, 0) is 47.5 Å². The molecule has 0 aliphatic carbocycles. The number of ether oxygens (including phenoxy) is 2. The summed E-state index contributed by atoms with van der Waals surface area (Å²) in [5, 5.41) is 4.72. The van der Waals surface area contributed by atoms with E-state index in [4.69, 9.17) is 44.3 Å². The predicted octanol–water partition coefficient (Wildman–Crippen LogP) is 5.75. The second-order valence-electron chi connectivity index (χ2n) is 6.12. The van der Waals surface area contributed by atoms with E-state index in [-0.39, 0.29) is 22.4 Å². The Morgan fingerprint density at radius 3 is 2.27 bits per heavy atom. The molecular weight excluding hydrogens is 447 g/mol. The number of amides is 1.